The van der Waals surface area contributed by atoms with E-state index < -0.39 is 0 Å². The lowest BCUT2D eigenvalue weighted by molar-refractivity contribution is -0.132. The number of benzene rings is 1. The van der Waals surface area contributed by atoms with Gasteiger partial charge in [0.1, 0.15) is 5.75 Å². The molecule has 1 amide bonds. The standard InChI is InChI=1S/C16H22N2O2/c1-12-15-10-17-9-13(15)11-18(12)16(19)7-8-20-14-5-3-2-4-6-14/h2-6,12-13,15,17H,7-11H2,1H3. The van der Waals surface area contributed by atoms with Crippen molar-refractivity contribution in [2.24, 2.45) is 11.8 Å². The Balaban J connectivity index is 1.48. The van der Waals surface area contributed by atoms with Crippen molar-refractivity contribution in [1.29, 1.82) is 0 Å². The van der Waals surface area contributed by atoms with Crippen LogP contribution in [0.2, 0.25) is 0 Å². The van der Waals surface area contributed by atoms with Crippen LogP contribution in [0.3, 0.4) is 0 Å². The zero-order valence-electron chi connectivity index (χ0n) is 11.9. The molecule has 3 atom stereocenters. The van der Waals surface area contributed by atoms with Crippen LogP contribution in [0.5, 0.6) is 5.75 Å². The van der Waals surface area contributed by atoms with Crippen LogP contribution in [-0.2, 0) is 4.79 Å². The van der Waals surface area contributed by atoms with Crippen molar-refractivity contribution in [3.63, 3.8) is 0 Å². The molecule has 0 aromatic heterocycles. The average molecular weight is 274 g/mol. The molecule has 0 saturated carbocycles. The minimum atomic E-state index is 0.225. The molecule has 1 N–H and O–H groups in total. The van der Waals surface area contributed by atoms with E-state index in [1.807, 2.05) is 35.2 Å². The highest BCUT2D eigenvalue weighted by Crippen LogP contribution is 2.32. The minimum Gasteiger partial charge on any atom is -0.493 e. The van der Waals surface area contributed by atoms with Crippen LogP contribution in [0, 0.1) is 11.8 Å². The van der Waals surface area contributed by atoms with E-state index in [4.69, 9.17) is 4.74 Å². The Labute approximate surface area is 120 Å². The van der Waals surface area contributed by atoms with Gasteiger partial charge in [0.05, 0.1) is 13.0 Å². The fraction of sp³-hybridized carbons (Fsp3) is 0.562. The molecule has 0 aliphatic carbocycles. The predicted molar refractivity (Wildman–Crippen MR) is 77.6 cm³/mol. The van der Waals surface area contributed by atoms with E-state index >= 15 is 0 Å². The molecule has 2 aliphatic rings. The van der Waals surface area contributed by atoms with Crippen molar-refractivity contribution in [3.05, 3.63) is 30.3 Å². The van der Waals surface area contributed by atoms with E-state index in [-0.39, 0.29) is 5.91 Å². The summed E-state index contributed by atoms with van der Waals surface area (Å²) in [6.45, 7) is 5.64. The van der Waals surface area contributed by atoms with Gasteiger partial charge in [-0.15, -0.1) is 0 Å². The van der Waals surface area contributed by atoms with Crippen molar-refractivity contribution >= 4 is 5.91 Å². The first-order chi connectivity index (χ1) is 9.75. The van der Waals surface area contributed by atoms with Gasteiger partial charge < -0.3 is 15.0 Å². The molecule has 2 aliphatic heterocycles. The molecule has 108 valence electrons. The molecule has 2 saturated heterocycles. The maximum Gasteiger partial charge on any atom is 0.226 e. The Morgan fingerprint density at radius 2 is 2.15 bits per heavy atom. The lowest BCUT2D eigenvalue weighted by atomic mass is 9.95. The first kappa shape index (κ1) is 13.4. The van der Waals surface area contributed by atoms with E-state index in [1.165, 1.54) is 0 Å². The summed E-state index contributed by atoms with van der Waals surface area (Å²) >= 11 is 0. The van der Waals surface area contributed by atoms with Gasteiger partial charge in [0.15, 0.2) is 0 Å². The number of carbonyl (C=O) groups is 1. The van der Waals surface area contributed by atoms with Gasteiger partial charge in [0.2, 0.25) is 5.91 Å². The Morgan fingerprint density at radius 3 is 2.90 bits per heavy atom. The van der Waals surface area contributed by atoms with E-state index in [1.54, 1.807) is 0 Å². The lowest BCUT2D eigenvalue weighted by Gasteiger charge is -2.24. The second-order valence-electron chi connectivity index (χ2n) is 5.78. The highest BCUT2D eigenvalue weighted by atomic mass is 16.5. The molecule has 1 aromatic rings. The second kappa shape index (κ2) is 5.83. The molecule has 0 spiro atoms. The molecule has 1 aromatic carbocycles. The van der Waals surface area contributed by atoms with Crippen LogP contribution in [0.25, 0.3) is 0 Å². The Hall–Kier alpha value is -1.55. The van der Waals surface area contributed by atoms with Gasteiger partial charge in [-0.3, -0.25) is 4.79 Å². The molecule has 4 heteroatoms. The van der Waals surface area contributed by atoms with Crippen LogP contribution >= 0.6 is 0 Å². The van der Waals surface area contributed by atoms with Crippen molar-refractivity contribution in [1.82, 2.24) is 10.2 Å². The summed E-state index contributed by atoms with van der Waals surface area (Å²) in [5.41, 5.74) is 0. The molecule has 3 unspecified atom stereocenters. The number of amides is 1. The smallest absolute Gasteiger partial charge is 0.226 e. The molecule has 3 rings (SSSR count). The summed E-state index contributed by atoms with van der Waals surface area (Å²) in [6, 6.07) is 10.0. The number of nitrogens with one attached hydrogen (secondary N) is 1. The molecule has 2 heterocycles. The van der Waals surface area contributed by atoms with Crippen molar-refractivity contribution < 1.29 is 9.53 Å². The van der Waals surface area contributed by atoms with Gasteiger partial charge in [0.25, 0.3) is 0 Å². The largest absolute Gasteiger partial charge is 0.493 e. The van der Waals surface area contributed by atoms with Crippen molar-refractivity contribution in [2.45, 2.75) is 19.4 Å². The summed E-state index contributed by atoms with van der Waals surface area (Å²) < 4.78 is 5.61. The first-order valence-electron chi connectivity index (χ1n) is 7.44. The fourth-order valence-electron chi connectivity index (χ4n) is 3.41. The van der Waals surface area contributed by atoms with Crippen LogP contribution in [0.1, 0.15) is 13.3 Å². The second-order valence-corrected chi connectivity index (χ2v) is 5.78. The summed E-state index contributed by atoms with van der Waals surface area (Å²) in [5, 5.41) is 3.42. The number of hydrogen-bond donors (Lipinski definition) is 1. The predicted octanol–water partition coefficient (Wildman–Crippen LogP) is 1.52. The van der Waals surface area contributed by atoms with Gasteiger partial charge in [-0.1, -0.05) is 18.2 Å². The fourth-order valence-corrected chi connectivity index (χ4v) is 3.41. The monoisotopic (exact) mass is 274 g/mol. The van der Waals surface area contributed by atoms with Gasteiger partial charge in [-0.05, 0) is 30.9 Å². The minimum absolute atomic E-state index is 0.225. The number of nitrogens with zero attached hydrogens (tertiary/aromatic N) is 1. The molecule has 0 radical (unpaired) electrons. The van der Waals surface area contributed by atoms with Crippen LogP contribution < -0.4 is 10.1 Å². The molecular weight excluding hydrogens is 252 g/mol. The van der Waals surface area contributed by atoms with E-state index in [0.29, 0.717) is 30.9 Å². The normalized spacial score (nSPS) is 28.4. The SMILES string of the molecule is CC1C2CNCC2CN1C(=O)CCOc1ccccc1. The molecule has 0 bridgehead atoms. The van der Waals surface area contributed by atoms with Crippen LogP contribution in [-0.4, -0.2) is 43.1 Å². The summed E-state index contributed by atoms with van der Waals surface area (Å²) in [4.78, 5) is 14.3. The van der Waals surface area contributed by atoms with Gasteiger partial charge in [-0.25, -0.2) is 0 Å². The van der Waals surface area contributed by atoms with E-state index in [2.05, 4.69) is 12.2 Å². The van der Waals surface area contributed by atoms with Crippen LogP contribution in [0.4, 0.5) is 0 Å². The number of rotatable bonds is 4. The van der Waals surface area contributed by atoms with Gasteiger partial charge in [0, 0.05) is 25.7 Å². The Morgan fingerprint density at radius 1 is 1.35 bits per heavy atom. The number of hydrogen-bond acceptors (Lipinski definition) is 3. The van der Waals surface area contributed by atoms with Crippen LogP contribution in [0.15, 0.2) is 30.3 Å². The number of likely N-dealkylation sites (tertiary alicyclic amines) is 1. The highest BCUT2D eigenvalue weighted by Gasteiger charge is 2.43. The summed E-state index contributed by atoms with van der Waals surface area (Å²) in [5.74, 6) is 2.33. The molecule has 2 fully saturated rings. The van der Waals surface area contributed by atoms with E-state index in [0.717, 1.165) is 25.4 Å². The third-order valence-corrected chi connectivity index (χ3v) is 4.58. The molecule has 4 nitrogen and oxygen atoms in total. The number of para-hydroxylation sites is 1. The average Bonchev–Trinajstić information content (AvgIpc) is 3.03. The Kier molecular flexibility index (Phi) is 3.92. The van der Waals surface area contributed by atoms with Gasteiger partial charge >= 0.3 is 0 Å². The zero-order valence-corrected chi connectivity index (χ0v) is 11.9. The van der Waals surface area contributed by atoms with Crippen molar-refractivity contribution in [3.8, 4) is 5.75 Å². The number of fused-ring (bicyclic) bond motifs is 1. The third-order valence-electron chi connectivity index (χ3n) is 4.58. The molecule has 20 heavy (non-hydrogen) atoms. The lowest BCUT2D eigenvalue weighted by Crippen LogP contribution is -2.38. The summed E-state index contributed by atoms with van der Waals surface area (Å²) in [6.07, 6.45) is 0.464. The maximum absolute atomic E-state index is 12.3. The molecular formula is C16H22N2O2. The maximum atomic E-state index is 12.3. The highest BCUT2D eigenvalue weighted by molar-refractivity contribution is 5.77. The van der Waals surface area contributed by atoms with Gasteiger partial charge in [-0.2, -0.15) is 0 Å². The number of ether oxygens (including phenoxy) is 1. The first-order valence-corrected chi connectivity index (χ1v) is 7.44. The van der Waals surface area contributed by atoms with E-state index in [9.17, 15) is 4.79 Å². The Bertz CT molecular complexity index is 463. The number of carbonyl (C=O) groups excluding carboxylic acids is 1. The zero-order chi connectivity index (χ0) is 13.9. The summed E-state index contributed by atoms with van der Waals surface area (Å²) in [7, 11) is 0. The topological polar surface area (TPSA) is 41.6 Å². The van der Waals surface area contributed by atoms with Crippen molar-refractivity contribution in [2.75, 3.05) is 26.2 Å². The quantitative estimate of drug-likeness (QED) is 0.905. The third kappa shape index (κ3) is 2.66.